The number of carbonyl (C=O) groups excluding carboxylic acids is 2. The van der Waals surface area contributed by atoms with Crippen LogP contribution in [0.2, 0.25) is 0 Å². The molecule has 0 radical (unpaired) electrons. The molecule has 1 amide bonds. The highest BCUT2D eigenvalue weighted by Gasteiger charge is 2.05. The molecule has 0 rings (SSSR count). The van der Waals surface area contributed by atoms with Crippen LogP contribution in [0.1, 0.15) is 387 Å². The molecule has 7 heteroatoms. The summed E-state index contributed by atoms with van der Waals surface area (Å²) in [5, 5.41) is 9.70. The molecule has 0 saturated carbocycles. The zero-order valence-electron chi connectivity index (χ0n) is 52.6. The first-order valence-corrected chi connectivity index (χ1v) is 35.2. The zero-order valence-corrected chi connectivity index (χ0v) is 52.6. The number of carbonyl (C=O) groups is 2. The molecule has 0 aliphatic carbocycles. The number of rotatable bonds is 66. The lowest BCUT2D eigenvalue weighted by Crippen LogP contribution is -2.31. The molecule has 456 valence electrons. The Morgan fingerprint density at radius 3 is 0.842 bits per heavy atom. The maximum absolute atomic E-state index is 11.9. The summed E-state index contributed by atoms with van der Waals surface area (Å²) in [6, 6.07) is 0. The first-order valence-electron chi connectivity index (χ1n) is 35.2. The molecule has 0 saturated heterocycles. The van der Waals surface area contributed by atoms with Crippen LogP contribution in [-0.4, -0.2) is 57.8 Å². The largest absolute Gasteiger partial charge is 0.466 e. The van der Waals surface area contributed by atoms with Crippen LogP contribution >= 0.6 is 0 Å². The van der Waals surface area contributed by atoms with Gasteiger partial charge >= 0.3 is 5.97 Å². The molecule has 0 unspecified atom stereocenters. The van der Waals surface area contributed by atoms with Crippen molar-refractivity contribution in [3.63, 3.8) is 0 Å². The lowest BCUT2D eigenvalue weighted by atomic mass is 10.0. The molecule has 0 aliphatic heterocycles. The molecule has 0 bridgehead atoms. The number of nitrogens with one attached hydrogen (secondary N) is 3. The molecular formula is C69H142N4O3. The number of hydrogen-bond donors (Lipinski definition) is 4. The Morgan fingerprint density at radius 2 is 0.526 bits per heavy atom. The summed E-state index contributed by atoms with van der Waals surface area (Å²) < 4.78 is 5.33. The van der Waals surface area contributed by atoms with Crippen molar-refractivity contribution >= 4 is 11.9 Å². The van der Waals surface area contributed by atoms with Crippen LogP contribution in [0.5, 0.6) is 0 Å². The summed E-state index contributed by atoms with van der Waals surface area (Å²) in [5.41, 5.74) is 5.43. The van der Waals surface area contributed by atoms with Gasteiger partial charge in [-0.2, -0.15) is 0 Å². The topological polar surface area (TPSA) is 105 Å². The van der Waals surface area contributed by atoms with Crippen molar-refractivity contribution in [2.45, 2.75) is 387 Å². The number of ether oxygens (including phenoxy) is 1. The third-order valence-corrected chi connectivity index (χ3v) is 15.9. The average molecular weight is 1080 g/mol. The minimum atomic E-state index is -0.0421. The molecule has 0 spiro atoms. The Morgan fingerprint density at radius 1 is 0.276 bits per heavy atom. The fraction of sp³-hybridized carbons (Fsp3) is 0.971. The third kappa shape index (κ3) is 74.9. The molecule has 0 aromatic carbocycles. The number of nitrogens with two attached hydrogens (primary N) is 1. The van der Waals surface area contributed by atoms with E-state index in [1.54, 1.807) is 0 Å². The van der Waals surface area contributed by atoms with E-state index in [-0.39, 0.29) is 11.9 Å². The van der Waals surface area contributed by atoms with E-state index in [9.17, 15) is 9.59 Å². The zero-order chi connectivity index (χ0) is 55.2. The third-order valence-electron chi connectivity index (χ3n) is 15.9. The average Bonchev–Trinajstić information content (AvgIpc) is 3.42. The van der Waals surface area contributed by atoms with Gasteiger partial charge in [-0.25, -0.2) is 0 Å². The van der Waals surface area contributed by atoms with Crippen LogP contribution < -0.4 is 21.7 Å². The van der Waals surface area contributed by atoms with E-state index in [4.69, 9.17) is 10.5 Å². The minimum absolute atomic E-state index is 0.0421. The fourth-order valence-corrected chi connectivity index (χ4v) is 10.7. The Labute approximate surface area is 478 Å². The highest BCUT2D eigenvalue weighted by Crippen LogP contribution is 2.18. The molecule has 0 aromatic rings. The molecule has 0 atom stereocenters. The Balaban J connectivity index is 0. The van der Waals surface area contributed by atoms with Gasteiger partial charge in [-0.15, -0.1) is 0 Å². The molecular weight excluding hydrogens is 933 g/mol. The highest BCUT2D eigenvalue weighted by atomic mass is 16.5. The highest BCUT2D eigenvalue weighted by molar-refractivity contribution is 5.75. The number of hydrogen-bond acceptors (Lipinski definition) is 6. The maximum atomic E-state index is 11.9. The van der Waals surface area contributed by atoms with E-state index in [2.05, 4.69) is 36.7 Å². The monoisotopic (exact) mass is 1080 g/mol. The summed E-state index contributed by atoms with van der Waals surface area (Å²) in [6.07, 6.45) is 77.3. The second-order valence-electron chi connectivity index (χ2n) is 23.7. The van der Waals surface area contributed by atoms with Gasteiger partial charge in [0.05, 0.1) is 6.61 Å². The molecule has 0 fully saturated rings. The summed E-state index contributed by atoms with van der Waals surface area (Å²) in [7, 11) is 0. The standard InChI is InChI=1S/C41H84.C28H58N4O3/c1-3-5-7-9-11-13-15-17-19-21-23-25-27-29-31-33-35-37-39-41-40-38-36-34-32-30-28-26-24-22-20-18-16-14-12-10-8-6-4-2;1-2-3-4-5-8-11-17-26-35-28(34)19-14-10-7-6-9-13-18-27(33)32-22-16-12-15-21-30-24-25-31-23-20-29/h3-41H2,1-2H3;30-31H,2-26,29H2,1H3,(H,32,33). The van der Waals surface area contributed by atoms with E-state index in [1.165, 1.54) is 289 Å². The Kier molecular flexibility index (Phi) is 74.7. The van der Waals surface area contributed by atoms with Gasteiger partial charge in [-0.1, -0.05) is 342 Å². The fourth-order valence-electron chi connectivity index (χ4n) is 10.7. The summed E-state index contributed by atoms with van der Waals surface area (Å²) in [5.74, 6) is 0.136. The molecule has 0 aromatic heterocycles. The van der Waals surface area contributed by atoms with Gasteiger partial charge in [0, 0.05) is 45.6 Å². The van der Waals surface area contributed by atoms with Crippen LogP contribution in [0, 0.1) is 0 Å². The number of amides is 1. The summed E-state index contributed by atoms with van der Waals surface area (Å²) in [6.45, 7) is 12.7. The molecule has 7 nitrogen and oxygen atoms in total. The van der Waals surface area contributed by atoms with Crippen LogP contribution in [0.4, 0.5) is 0 Å². The maximum Gasteiger partial charge on any atom is 0.305 e. The van der Waals surface area contributed by atoms with Crippen molar-refractivity contribution in [3.8, 4) is 0 Å². The number of unbranched alkanes of at least 4 members (excludes halogenated alkanes) is 51. The first-order chi connectivity index (χ1) is 37.6. The Hall–Kier alpha value is -1.18. The first kappa shape index (κ1) is 76.9. The number of esters is 1. The predicted molar refractivity (Wildman–Crippen MR) is 339 cm³/mol. The quantitative estimate of drug-likeness (QED) is 0.0357. The van der Waals surface area contributed by atoms with E-state index in [1.807, 2.05) is 0 Å². The van der Waals surface area contributed by atoms with Crippen molar-refractivity contribution in [1.82, 2.24) is 16.0 Å². The second-order valence-corrected chi connectivity index (χ2v) is 23.7. The van der Waals surface area contributed by atoms with Crippen molar-refractivity contribution in [2.75, 3.05) is 45.9 Å². The van der Waals surface area contributed by atoms with Gasteiger partial charge in [0.25, 0.3) is 0 Å². The van der Waals surface area contributed by atoms with Crippen molar-refractivity contribution in [1.29, 1.82) is 0 Å². The van der Waals surface area contributed by atoms with E-state index in [0.29, 0.717) is 26.0 Å². The predicted octanol–water partition coefficient (Wildman–Crippen LogP) is 21.1. The van der Waals surface area contributed by atoms with E-state index < -0.39 is 0 Å². The van der Waals surface area contributed by atoms with Gasteiger partial charge in [-0.3, -0.25) is 9.59 Å². The second kappa shape index (κ2) is 73.8. The minimum Gasteiger partial charge on any atom is -0.466 e. The van der Waals surface area contributed by atoms with Gasteiger partial charge in [0.1, 0.15) is 0 Å². The van der Waals surface area contributed by atoms with Crippen LogP contribution in [0.15, 0.2) is 0 Å². The van der Waals surface area contributed by atoms with Gasteiger partial charge in [-0.05, 0) is 38.6 Å². The normalized spacial score (nSPS) is 11.3. The lowest BCUT2D eigenvalue weighted by molar-refractivity contribution is -0.143. The van der Waals surface area contributed by atoms with Crippen LogP contribution in [-0.2, 0) is 14.3 Å². The van der Waals surface area contributed by atoms with Crippen LogP contribution in [0.25, 0.3) is 0 Å². The van der Waals surface area contributed by atoms with Crippen molar-refractivity contribution in [3.05, 3.63) is 0 Å². The van der Waals surface area contributed by atoms with Crippen LogP contribution in [0.3, 0.4) is 0 Å². The van der Waals surface area contributed by atoms with Gasteiger partial charge < -0.3 is 26.4 Å². The smallest absolute Gasteiger partial charge is 0.305 e. The van der Waals surface area contributed by atoms with Gasteiger partial charge in [0.15, 0.2) is 0 Å². The molecule has 0 heterocycles. The Bertz CT molecular complexity index is 1010. The lowest BCUT2D eigenvalue weighted by Gasteiger charge is -2.07. The van der Waals surface area contributed by atoms with E-state index >= 15 is 0 Å². The SMILES string of the molecule is CCCCCCCCCCCCCCCCCCCCCCCCCCCCCCCCCCCCCCCCC.CCCCCCCCCOC(=O)CCCCCCCCC(=O)NCCCCCNCCNCCN. The molecule has 76 heavy (non-hydrogen) atoms. The van der Waals surface area contributed by atoms with Gasteiger partial charge in [0.2, 0.25) is 5.91 Å². The van der Waals surface area contributed by atoms with Crippen molar-refractivity contribution < 1.29 is 14.3 Å². The van der Waals surface area contributed by atoms with Crippen molar-refractivity contribution in [2.24, 2.45) is 5.73 Å². The molecule has 5 N–H and O–H groups in total. The summed E-state index contributed by atoms with van der Waals surface area (Å²) in [4.78, 5) is 23.7. The molecule has 0 aliphatic rings. The van der Waals surface area contributed by atoms with E-state index in [0.717, 1.165) is 96.9 Å². The summed E-state index contributed by atoms with van der Waals surface area (Å²) >= 11 is 0.